The van der Waals surface area contributed by atoms with Gasteiger partial charge < -0.3 is 4.57 Å². The Labute approximate surface area is 137 Å². The summed E-state index contributed by atoms with van der Waals surface area (Å²) in [5.41, 5.74) is 2.78. The molecule has 2 bridgehead atoms. The third kappa shape index (κ3) is 2.91. The molecule has 2 aliphatic rings. The van der Waals surface area contributed by atoms with Gasteiger partial charge >= 0.3 is 0 Å². The van der Waals surface area contributed by atoms with Crippen molar-refractivity contribution < 1.29 is 4.79 Å². The maximum Gasteiger partial charge on any atom is 0.250 e. The minimum atomic E-state index is -0.0628. The minimum absolute atomic E-state index is 0.0628. The Kier molecular flexibility index (Phi) is 3.70. The van der Waals surface area contributed by atoms with Crippen molar-refractivity contribution in [3.8, 4) is 0 Å². The lowest BCUT2D eigenvalue weighted by Crippen LogP contribution is -2.49. The van der Waals surface area contributed by atoms with Gasteiger partial charge in [-0.1, -0.05) is 17.4 Å². The van der Waals surface area contributed by atoms with Crippen molar-refractivity contribution in [3.05, 3.63) is 39.8 Å². The molecule has 0 aliphatic carbocycles. The van der Waals surface area contributed by atoms with Gasteiger partial charge in [0.15, 0.2) is 0 Å². The Morgan fingerprint density at radius 1 is 1.35 bits per heavy atom. The molecule has 2 aromatic heterocycles. The van der Waals surface area contributed by atoms with Crippen molar-refractivity contribution in [1.82, 2.24) is 19.7 Å². The lowest BCUT2D eigenvalue weighted by atomic mass is 9.83. The standard InChI is InChI=1S/C15H17N5O2S/c21-13(17-15-18-16-9-23-15)8-19-5-10-4-11(7-19)12-2-1-3-14(22)20(12)6-10/h1-3,9-11H,4-8H2,(H,17,18,21)/t10-,11-/m1/s1. The first-order chi connectivity index (χ1) is 11.2. The van der Waals surface area contributed by atoms with Gasteiger partial charge in [-0.15, -0.1) is 10.2 Å². The number of rotatable bonds is 3. The Balaban J connectivity index is 1.46. The molecule has 0 unspecified atom stereocenters. The summed E-state index contributed by atoms with van der Waals surface area (Å²) in [6, 6.07) is 5.49. The second kappa shape index (κ2) is 5.86. The van der Waals surface area contributed by atoms with Crippen molar-refractivity contribution in [1.29, 1.82) is 0 Å². The average molecular weight is 331 g/mol. The third-order valence-electron chi connectivity index (χ3n) is 4.53. The zero-order valence-corrected chi connectivity index (χ0v) is 13.3. The highest BCUT2D eigenvalue weighted by Gasteiger charge is 2.34. The van der Waals surface area contributed by atoms with Crippen molar-refractivity contribution in [2.75, 3.05) is 25.0 Å². The van der Waals surface area contributed by atoms with Gasteiger partial charge in [-0.05, 0) is 18.4 Å². The molecular weight excluding hydrogens is 314 g/mol. The Morgan fingerprint density at radius 2 is 2.26 bits per heavy atom. The predicted molar refractivity (Wildman–Crippen MR) is 86.5 cm³/mol. The van der Waals surface area contributed by atoms with E-state index in [1.165, 1.54) is 11.3 Å². The normalized spacial score (nSPS) is 23.3. The fourth-order valence-electron chi connectivity index (χ4n) is 3.71. The molecule has 4 heterocycles. The van der Waals surface area contributed by atoms with Crippen LogP contribution >= 0.6 is 11.3 Å². The first kappa shape index (κ1) is 14.5. The molecule has 1 fully saturated rings. The number of hydrogen-bond acceptors (Lipinski definition) is 6. The Hall–Kier alpha value is -2.06. The predicted octanol–water partition coefficient (Wildman–Crippen LogP) is 0.758. The molecule has 1 amide bonds. The molecule has 23 heavy (non-hydrogen) atoms. The summed E-state index contributed by atoms with van der Waals surface area (Å²) < 4.78 is 1.90. The molecule has 1 saturated heterocycles. The van der Waals surface area contributed by atoms with Gasteiger partial charge in [-0.3, -0.25) is 19.8 Å². The van der Waals surface area contributed by atoms with Crippen LogP contribution in [0.15, 0.2) is 28.5 Å². The van der Waals surface area contributed by atoms with Gasteiger partial charge in [0.05, 0.1) is 6.54 Å². The van der Waals surface area contributed by atoms with Crippen LogP contribution < -0.4 is 10.9 Å². The molecule has 0 radical (unpaired) electrons. The lowest BCUT2D eigenvalue weighted by molar-refractivity contribution is -0.117. The van der Waals surface area contributed by atoms with Gasteiger partial charge in [0.2, 0.25) is 11.0 Å². The van der Waals surface area contributed by atoms with Gasteiger partial charge in [-0.2, -0.15) is 0 Å². The highest BCUT2D eigenvalue weighted by Crippen LogP contribution is 2.34. The van der Waals surface area contributed by atoms with Crippen LogP contribution in [-0.4, -0.2) is 45.2 Å². The molecule has 0 saturated carbocycles. The maximum atomic E-state index is 12.1. The van der Waals surface area contributed by atoms with E-state index in [0.717, 1.165) is 31.7 Å². The van der Waals surface area contributed by atoms with E-state index >= 15 is 0 Å². The number of likely N-dealkylation sites (tertiary alicyclic amines) is 1. The summed E-state index contributed by atoms with van der Waals surface area (Å²) in [5, 5.41) is 10.8. The van der Waals surface area contributed by atoms with Crippen molar-refractivity contribution >= 4 is 22.4 Å². The van der Waals surface area contributed by atoms with E-state index in [4.69, 9.17) is 0 Å². The van der Waals surface area contributed by atoms with E-state index in [-0.39, 0.29) is 11.5 Å². The molecule has 0 spiro atoms. The van der Waals surface area contributed by atoms with Gasteiger partial charge in [0, 0.05) is 37.3 Å². The zero-order chi connectivity index (χ0) is 15.8. The molecule has 2 atom stereocenters. The van der Waals surface area contributed by atoms with E-state index in [1.54, 1.807) is 11.6 Å². The van der Waals surface area contributed by atoms with E-state index < -0.39 is 0 Å². The first-order valence-electron chi connectivity index (χ1n) is 7.67. The number of fused-ring (bicyclic) bond motifs is 4. The van der Waals surface area contributed by atoms with Crippen molar-refractivity contribution in [2.24, 2.45) is 5.92 Å². The first-order valence-corrected chi connectivity index (χ1v) is 8.55. The monoisotopic (exact) mass is 331 g/mol. The molecular formula is C15H17N5O2S. The molecule has 120 valence electrons. The summed E-state index contributed by atoms with van der Waals surface area (Å²) in [7, 11) is 0. The second-order valence-electron chi connectivity index (χ2n) is 6.18. The number of carbonyl (C=O) groups is 1. The molecule has 2 aliphatic heterocycles. The van der Waals surface area contributed by atoms with Crippen LogP contribution in [0, 0.1) is 5.92 Å². The summed E-state index contributed by atoms with van der Waals surface area (Å²) in [6.07, 6.45) is 1.10. The molecule has 2 aromatic rings. The van der Waals surface area contributed by atoms with Crippen LogP contribution in [0.5, 0.6) is 0 Å². The number of piperidine rings is 1. The lowest BCUT2D eigenvalue weighted by Gasteiger charge is -2.42. The fourth-order valence-corrected chi connectivity index (χ4v) is 4.18. The molecule has 0 aromatic carbocycles. The highest BCUT2D eigenvalue weighted by molar-refractivity contribution is 7.13. The van der Waals surface area contributed by atoms with E-state index in [0.29, 0.717) is 23.5 Å². The Morgan fingerprint density at radius 3 is 3.09 bits per heavy atom. The van der Waals surface area contributed by atoms with E-state index in [9.17, 15) is 9.59 Å². The summed E-state index contributed by atoms with van der Waals surface area (Å²) >= 11 is 1.31. The maximum absolute atomic E-state index is 12.1. The number of anilines is 1. The largest absolute Gasteiger partial charge is 0.312 e. The molecule has 1 N–H and O–H groups in total. The molecule has 8 heteroatoms. The van der Waals surface area contributed by atoms with E-state index in [2.05, 4.69) is 20.4 Å². The smallest absolute Gasteiger partial charge is 0.250 e. The van der Waals surface area contributed by atoms with Crippen LogP contribution in [0.1, 0.15) is 18.0 Å². The number of nitrogens with zero attached hydrogens (tertiary/aromatic N) is 4. The quantitative estimate of drug-likeness (QED) is 0.898. The average Bonchev–Trinajstić information content (AvgIpc) is 3.01. The third-order valence-corrected chi connectivity index (χ3v) is 5.14. The minimum Gasteiger partial charge on any atom is -0.312 e. The number of amides is 1. The van der Waals surface area contributed by atoms with Gasteiger partial charge in [0.25, 0.3) is 5.56 Å². The van der Waals surface area contributed by atoms with Crippen molar-refractivity contribution in [2.45, 2.75) is 18.9 Å². The molecule has 4 rings (SSSR count). The second-order valence-corrected chi connectivity index (χ2v) is 7.02. The van der Waals surface area contributed by atoms with Crippen LogP contribution in [0.25, 0.3) is 0 Å². The van der Waals surface area contributed by atoms with Crippen LogP contribution in [0.4, 0.5) is 5.13 Å². The van der Waals surface area contributed by atoms with Crippen LogP contribution in [0.3, 0.4) is 0 Å². The number of carbonyl (C=O) groups excluding carboxylic acids is 1. The SMILES string of the molecule is O=C(CN1C[C@H]2C[C@H](C1)c1cccc(=O)n1C2)Nc1nncs1. The summed E-state index contributed by atoms with van der Waals surface area (Å²) in [4.78, 5) is 26.3. The van der Waals surface area contributed by atoms with E-state index in [1.807, 2.05) is 16.7 Å². The zero-order valence-electron chi connectivity index (χ0n) is 12.5. The number of aromatic nitrogens is 3. The number of nitrogens with one attached hydrogen (secondary N) is 1. The molecule has 7 nitrogen and oxygen atoms in total. The van der Waals surface area contributed by atoms with Crippen LogP contribution in [-0.2, 0) is 11.3 Å². The highest BCUT2D eigenvalue weighted by atomic mass is 32.1. The van der Waals surface area contributed by atoms with Gasteiger partial charge in [0.1, 0.15) is 5.51 Å². The summed E-state index contributed by atoms with van der Waals surface area (Å²) in [6.45, 7) is 2.76. The number of pyridine rings is 1. The van der Waals surface area contributed by atoms with Crippen LogP contribution in [0.2, 0.25) is 0 Å². The fraction of sp³-hybridized carbons (Fsp3) is 0.467. The Bertz CT molecular complexity index is 772. The van der Waals surface area contributed by atoms with Crippen molar-refractivity contribution in [3.63, 3.8) is 0 Å². The summed E-state index contributed by atoms with van der Waals surface area (Å²) in [5.74, 6) is 0.689. The topological polar surface area (TPSA) is 80.1 Å². The number of hydrogen-bond donors (Lipinski definition) is 1. The van der Waals surface area contributed by atoms with Gasteiger partial charge in [-0.25, -0.2) is 0 Å².